The molecule has 122 valence electrons. The van der Waals surface area contributed by atoms with Crippen molar-refractivity contribution in [3.8, 4) is 0 Å². The summed E-state index contributed by atoms with van der Waals surface area (Å²) in [6.07, 6.45) is 0. The van der Waals surface area contributed by atoms with Crippen LogP contribution in [0.1, 0.15) is 16.7 Å². The van der Waals surface area contributed by atoms with Crippen LogP contribution < -0.4 is 10.6 Å². The Labute approximate surface area is 155 Å². The largest absolute Gasteiger partial charge is 0.199 e. The number of rotatable bonds is 2. The van der Waals surface area contributed by atoms with Gasteiger partial charge < -0.3 is 0 Å². The first-order chi connectivity index (χ1) is 10.7. The molecular weight excluding hydrogens is 390 g/mol. The first-order valence-corrected chi connectivity index (χ1v) is 8.42. The molecule has 0 N–H and O–H groups in total. The molecule has 0 atom stereocenters. The Kier molecular flexibility index (Phi) is 8.90. The molecule has 0 aliphatic rings. The average Bonchev–Trinajstić information content (AvgIpc) is 2.53. The Morgan fingerprint density at radius 2 is 1.00 bits per heavy atom. The molecule has 0 saturated heterocycles. The van der Waals surface area contributed by atoms with E-state index in [1.807, 2.05) is 30.3 Å². The molecule has 0 aromatic heterocycles. The predicted molar refractivity (Wildman–Crippen MR) is 101 cm³/mol. The van der Waals surface area contributed by atoms with Crippen molar-refractivity contribution in [3.05, 3.63) is 102 Å². The zero-order chi connectivity index (χ0) is 15.8. The Bertz CT molecular complexity index is 664. The summed E-state index contributed by atoms with van der Waals surface area (Å²) in [4.78, 5) is 0. The fourth-order valence-corrected chi connectivity index (χ4v) is 3.26. The predicted octanol–water partition coefficient (Wildman–Crippen LogP) is 4.80. The average molecular weight is 412 g/mol. The second-order valence-corrected chi connectivity index (χ2v) is 6.57. The Morgan fingerprint density at radius 3 is 1.35 bits per heavy atom. The molecule has 0 unspecified atom stereocenters. The van der Waals surface area contributed by atoms with Crippen LogP contribution in [0, 0.1) is 20.8 Å². The fourth-order valence-electron chi connectivity index (χ4n) is 2.05. The van der Waals surface area contributed by atoms with Crippen LogP contribution in [-0.2, 0) is 20.4 Å². The van der Waals surface area contributed by atoms with Gasteiger partial charge in [-0.25, -0.2) is 0 Å². The van der Waals surface area contributed by atoms with E-state index in [1.54, 1.807) is 0 Å². The van der Waals surface area contributed by atoms with Crippen molar-refractivity contribution in [1.82, 2.24) is 0 Å². The van der Waals surface area contributed by atoms with Gasteiger partial charge in [0.05, 0.1) is 0 Å². The van der Waals surface area contributed by atoms with E-state index in [0.29, 0.717) is 0 Å². The zero-order valence-corrected chi connectivity index (χ0v) is 16.1. The third-order valence-corrected chi connectivity index (χ3v) is 5.06. The van der Waals surface area contributed by atoms with Gasteiger partial charge in [0.25, 0.3) is 0 Å². The molecule has 0 spiro atoms. The summed E-state index contributed by atoms with van der Waals surface area (Å²) < 4.78 is 0. The summed E-state index contributed by atoms with van der Waals surface area (Å²) in [7, 11) is 0.774. The zero-order valence-electron chi connectivity index (χ0n) is 13.5. The molecule has 0 fully saturated rings. The number of hydrogen-bond acceptors (Lipinski definition) is 0. The van der Waals surface area contributed by atoms with E-state index >= 15 is 0 Å². The van der Waals surface area contributed by atoms with Crippen molar-refractivity contribution >= 4 is 19.2 Å². The van der Waals surface area contributed by atoms with Crippen LogP contribution in [0.2, 0.25) is 0 Å². The van der Waals surface area contributed by atoms with Gasteiger partial charge >= 0.3 is 0 Å². The molecule has 0 saturated carbocycles. The van der Waals surface area contributed by atoms with Crippen LogP contribution in [0.4, 0.5) is 0 Å². The topological polar surface area (TPSA) is 0 Å². The minimum atomic E-state index is 0. The molecule has 3 aromatic rings. The van der Waals surface area contributed by atoms with E-state index in [0.717, 1.165) is 14.1 Å². The molecule has 0 heterocycles. The summed E-state index contributed by atoms with van der Waals surface area (Å²) in [5.41, 5.74) is 3.85. The Hall–Kier alpha value is -1.38. The molecule has 3 rings (SSSR count). The summed E-state index contributed by atoms with van der Waals surface area (Å²) in [6.45, 7) is 8.08. The Morgan fingerprint density at radius 1 is 0.609 bits per heavy atom. The van der Waals surface area contributed by atoms with Gasteiger partial charge in [-0.1, -0.05) is 63.2 Å². The normalized spacial score (nSPS) is 9.30. The molecule has 0 aliphatic carbocycles. The number of hydrogen-bond donors (Lipinski definition) is 0. The maximum atomic E-state index is 3.72. The van der Waals surface area contributed by atoms with Crippen LogP contribution in [0.5, 0.6) is 0 Å². The second kappa shape index (κ2) is 10.4. The van der Waals surface area contributed by atoms with E-state index < -0.39 is 0 Å². The molecular formula is C21H22PPd-. The van der Waals surface area contributed by atoms with Gasteiger partial charge in [0.1, 0.15) is 0 Å². The fraction of sp³-hybridized carbons (Fsp3) is 0.0952. The van der Waals surface area contributed by atoms with E-state index in [4.69, 9.17) is 0 Å². The summed E-state index contributed by atoms with van der Waals surface area (Å²) >= 11 is 0. The summed E-state index contributed by atoms with van der Waals surface area (Å²) in [5.74, 6) is 0. The van der Waals surface area contributed by atoms with Gasteiger partial charge in [0.2, 0.25) is 0 Å². The monoisotopic (exact) mass is 411 g/mol. The van der Waals surface area contributed by atoms with Crippen LogP contribution in [0.3, 0.4) is 0 Å². The number of aryl methyl sites for hydroxylation is 2. The SMILES string of the molecule is Cc1ccccc1Pc1ccccc1C.[CH2-]c1ccccc1.[Pd]. The molecule has 0 radical (unpaired) electrons. The summed E-state index contributed by atoms with van der Waals surface area (Å²) in [6, 6.07) is 27.1. The molecule has 0 amide bonds. The second-order valence-electron chi connectivity index (χ2n) is 5.24. The standard InChI is InChI=1S/C14H15P.C7H7.Pd/c1-11-7-3-5-9-13(11)15-14-10-6-4-8-12(14)2;1-7-5-3-2-4-6-7;/h3-10,15H,1-2H3;2-6H,1H2;/q;-1;. The quantitative estimate of drug-likeness (QED) is 0.323. The first kappa shape index (κ1) is 19.7. The van der Waals surface area contributed by atoms with E-state index in [9.17, 15) is 0 Å². The van der Waals surface area contributed by atoms with E-state index in [-0.39, 0.29) is 20.4 Å². The van der Waals surface area contributed by atoms with Crippen molar-refractivity contribution in [3.63, 3.8) is 0 Å². The van der Waals surface area contributed by atoms with Crippen molar-refractivity contribution < 1.29 is 20.4 Å². The molecule has 0 aliphatic heterocycles. The number of benzene rings is 3. The van der Waals surface area contributed by atoms with Crippen LogP contribution in [0.25, 0.3) is 0 Å². The van der Waals surface area contributed by atoms with Gasteiger partial charge in [-0.3, -0.25) is 0 Å². The summed E-state index contributed by atoms with van der Waals surface area (Å²) in [5, 5.41) is 2.90. The third kappa shape index (κ3) is 6.72. The van der Waals surface area contributed by atoms with Gasteiger partial charge in [-0.2, -0.15) is 24.6 Å². The van der Waals surface area contributed by atoms with Crippen molar-refractivity contribution in [1.29, 1.82) is 0 Å². The van der Waals surface area contributed by atoms with E-state index in [1.165, 1.54) is 21.7 Å². The molecule has 0 bridgehead atoms. The smallest absolute Gasteiger partial charge is 0 e. The van der Waals surface area contributed by atoms with Crippen LogP contribution >= 0.6 is 8.58 Å². The van der Waals surface area contributed by atoms with Crippen molar-refractivity contribution in [2.45, 2.75) is 13.8 Å². The minimum Gasteiger partial charge on any atom is -0.199 e. The van der Waals surface area contributed by atoms with Gasteiger partial charge in [0.15, 0.2) is 0 Å². The van der Waals surface area contributed by atoms with E-state index in [2.05, 4.69) is 69.3 Å². The molecule has 3 aromatic carbocycles. The molecule has 23 heavy (non-hydrogen) atoms. The molecule has 0 nitrogen and oxygen atoms in total. The minimum absolute atomic E-state index is 0. The first-order valence-electron chi connectivity index (χ1n) is 7.42. The van der Waals surface area contributed by atoms with Gasteiger partial charge in [-0.15, -0.1) is 12.1 Å². The van der Waals surface area contributed by atoms with Crippen molar-refractivity contribution in [2.75, 3.05) is 0 Å². The molecule has 2 heteroatoms. The Balaban J connectivity index is 0.000000280. The maximum Gasteiger partial charge on any atom is 0 e. The third-order valence-electron chi connectivity index (χ3n) is 3.40. The maximum absolute atomic E-state index is 3.72. The van der Waals surface area contributed by atoms with Gasteiger partial charge in [0, 0.05) is 20.4 Å². The van der Waals surface area contributed by atoms with Crippen LogP contribution in [0.15, 0.2) is 78.9 Å². The van der Waals surface area contributed by atoms with Gasteiger partial charge in [-0.05, 0) is 35.6 Å². The van der Waals surface area contributed by atoms with Crippen LogP contribution in [-0.4, -0.2) is 0 Å². The van der Waals surface area contributed by atoms with Crippen molar-refractivity contribution in [2.24, 2.45) is 0 Å².